The number of carbonyl (C=O) groups excluding carboxylic acids is 2. The maximum atomic E-state index is 11.9. The second-order valence-electron chi connectivity index (χ2n) is 5.18. The van der Waals surface area contributed by atoms with Crippen LogP contribution in [0.3, 0.4) is 0 Å². The topological polar surface area (TPSA) is 117 Å². The summed E-state index contributed by atoms with van der Waals surface area (Å²) in [6.45, 7) is 1.36. The van der Waals surface area contributed by atoms with Crippen LogP contribution < -0.4 is 14.8 Å². The standard InChI is InChI=1S/C18H18N2O7/c1-2-25-16-6-4-3-5-15(16)19-17(21)11-27-18(22)12-26-14-9-7-13(8-10-14)20(23)24/h3-10H,2,11-12H2,1H3,(H,19,21). The third kappa shape index (κ3) is 6.31. The largest absolute Gasteiger partial charge is 0.492 e. The molecule has 1 amide bonds. The second-order valence-corrected chi connectivity index (χ2v) is 5.18. The van der Waals surface area contributed by atoms with Gasteiger partial charge in [0.15, 0.2) is 13.2 Å². The van der Waals surface area contributed by atoms with Gasteiger partial charge in [-0.05, 0) is 31.2 Å². The summed E-state index contributed by atoms with van der Waals surface area (Å²) in [5, 5.41) is 13.2. The van der Waals surface area contributed by atoms with E-state index in [4.69, 9.17) is 14.2 Å². The number of hydrogen-bond acceptors (Lipinski definition) is 7. The smallest absolute Gasteiger partial charge is 0.344 e. The first-order chi connectivity index (χ1) is 13.0. The minimum Gasteiger partial charge on any atom is -0.492 e. The van der Waals surface area contributed by atoms with Crippen molar-refractivity contribution < 1.29 is 28.7 Å². The highest BCUT2D eigenvalue weighted by atomic mass is 16.6. The summed E-state index contributed by atoms with van der Waals surface area (Å²) in [4.78, 5) is 33.6. The maximum Gasteiger partial charge on any atom is 0.344 e. The Bertz CT molecular complexity index is 806. The second kappa shape index (κ2) is 9.76. The van der Waals surface area contributed by atoms with Gasteiger partial charge in [0, 0.05) is 12.1 Å². The summed E-state index contributed by atoms with van der Waals surface area (Å²) >= 11 is 0. The van der Waals surface area contributed by atoms with Crippen molar-refractivity contribution in [1.82, 2.24) is 0 Å². The molecule has 0 atom stereocenters. The quantitative estimate of drug-likeness (QED) is 0.407. The molecule has 0 radical (unpaired) electrons. The summed E-state index contributed by atoms with van der Waals surface area (Å²) in [5.74, 6) is -0.485. The van der Waals surface area contributed by atoms with Gasteiger partial charge in [-0.15, -0.1) is 0 Å². The molecule has 2 rings (SSSR count). The van der Waals surface area contributed by atoms with Gasteiger partial charge >= 0.3 is 5.97 Å². The van der Waals surface area contributed by atoms with Crippen LogP contribution in [0.2, 0.25) is 0 Å². The molecule has 142 valence electrons. The number of amides is 1. The van der Waals surface area contributed by atoms with Crippen LogP contribution in [-0.4, -0.2) is 36.6 Å². The van der Waals surface area contributed by atoms with Crippen LogP contribution in [0.4, 0.5) is 11.4 Å². The van der Waals surface area contributed by atoms with Gasteiger partial charge in [-0.3, -0.25) is 14.9 Å². The Morgan fingerprint density at radius 1 is 1.04 bits per heavy atom. The number of non-ortho nitro benzene ring substituents is 1. The number of hydrogen-bond donors (Lipinski definition) is 1. The van der Waals surface area contributed by atoms with E-state index in [0.717, 1.165) is 0 Å². The van der Waals surface area contributed by atoms with Crippen molar-refractivity contribution in [2.45, 2.75) is 6.92 Å². The predicted octanol–water partition coefficient (Wildman–Crippen LogP) is 2.55. The molecule has 0 unspecified atom stereocenters. The highest BCUT2D eigenvalue weighted by molar-refractivity contribution is 5.94. The molecule has 0 saturated carbocycles. The Morgan fingerprint density at radius 2 is 1.74 bits per heavy atom. The van der Waals surface area contributed by atoms with Crippen molar-refractivity contribution >= 4 is 23.3 Å². The molecule has 9 heteroatoms. The molecule has 1 N–H and O–H groups in total. The monoisotopic (exact) mass is 374 g/mol. The van der Waals surface area contributed by atoms with Crippen LogP contribution in [0, 0.1) is 10.1 Å². The van der Waals surface area contributed by atoms with E-state index in [1.54, 1.807) is 24.3 Å². The van der Waals surface area contributed by atoms with E-state index in [1.807, 2.05) is 6.92 Å². The number of rotatable bonds is 9. The number of benzene rings is 2. The average molecular weight is 374 g/mol. The first kappa shape index (κ1) is 19.7. The predicted molar refractivity (Wildman–Crippen MR) is 95.8 cm³/mol. The van der Waals surface area contributed by atoms with Gasteiger partial charge in [0.25, 0.3) is 11.6 Å². The average Bonchev–Trinajstić information content (AvgIpc) is 2.67. The molecule has 2 aromatic rings. The van der Waals surface area contributed by atoms with Gasteiger partial charge in [0.05, 0.1) is 17.2 Å². The van der Waals surface area contributed by atoms with Crippen LogP contribution in [0.1, 0.15) is 6.92 Å². The molecule has 0 aliphatic rings. The number of carbonyl (C=O) groups is 2. The minimum atomic E-state index is -0.749. The molecule has 0 aliphatic carbocycles. The number of nitro groups is 1. The van der Waals surface area contributed by atoms with Gasteiger partial charge in [-0.2, -0.15) is 0 Å². The lowest BCUT2D eigenvalue weighted by molar-refractivity contribution is -0.384. The van der Waals surface area contributed by atoms with Gasteiger partial charge in [-0.25, -0.2) is 4.79 Å². The fourth-order valence-corrected chi connectivity index (χ4v) is 2.03. The number of esters is 1. The van der Waals surface area contributed by atoms with Crippen LogP contribution in [0.15, 0.2) is 48.5 Å². The zero-order chi connectivity index (χ0) is 19.6. The van der Waals surface area contributed by atoms with Crippen molar-refractivity contribution in [3.63, 3.8) is 0 Å². The number of nitrogens with zero attached hydrogens (tertiary/aromatic N) is 1. The van der Waals surface area contributed by atoms with Crippen molar-refractivity contribution in [2.75, 3.05) is 25.1 Å². The van der Waals surface area contributed by atoms with Crippen molar-refractivity contribution in [1.29, 1.82) is 0 Å². The van der Waals surface area contributed by atoms with Crippen molar-refractivity contribution in [3.05, 3.63) is 58.6 Å². The minimum absolute atomic E-state index is 0.0890. The van der Waals surface area contributed by atoms with Gasteiger partial charge < -0.3 is 19.5 Å². The third-order valence-electron chi connectivity index (χ3n) is 3.23. The van der Waals surface area contributed by atoms with E-state index >= 15 is 0 Å². The molecule has 0 saturated heterocycles. The molecule has 9 nitrogen and oxygen atoms in total. The Balaban J connectivity index is 1.76. The van der Waals surface area contributed by atoms with Crippen LogP contribution in [-0.2, 0) is 14.3 Å². The number of anilines is 1. The molecule has 0 spiro atoms. The lowest BCUT2D eigenvalue weighted by atomic mass is 10.3. The first-order valence-electron chi connectivity index (χ1n) is 8.04. The summed E-state index contributed by atoms with van der Waals surface area (Å²) in [5.41, 5.74) is 0.386. The highest BCUT2D eigenvalue weighted by Crippen LogP contribution is 2.23. The molecule has 0 bridgehead atoms. The molecule has 0 heterocycles. The van der Waals surface area contributed by atoms with E-state index < -0.39 is 30.0 Å². The van der Waals surface area contributed by atoms with Gasteiger partial charge in [-0.1, -0.05) is 12.1 Å². The Morgan fingerprint density at radius 3 is 2.41 bits per heavy atom. The Kier molecular flexibility index (Phi) is 7.12. The first-order valence-corrected chi connectivity index (χ1v) is 8.04. The number of para-hydroxylation sites is 2. The highest BCUT2D eigenvalue weighted by Gasteiger charge is 2.11. The normalized spacial score (nSPS) is 9.96. The van der Waals surface area contributed by atoms with Crippen LogP contribution >= 0.6 is 0 Å². The number of nitrogens with one attached hydrogen (secondary N) is 1. The molecule has 0 aliphatic heterocycles. The summed E-state index contributed by atoms with van der Waals surface area (Å²) in [7, 11) is 0. The van der Waals surface area contributed by atoms with Crippen LogP contribution in [0.25, 0.3) is 0 Å². The zero-order valence-electron chi connectivity index (χ0n) is 14.5. The van der Waals surface area contributed by atoms with E-state index in [2.05, 4.69) is 5.32 Å². The zero-order valence-corrected chi connectivity index (χ0v) is 14.5. The summed E-state index contributed by atoms with van der Waals surface area (Å²) in [6.07, 6.45) is 0. The summed E-state index contributed by atoms with van der Waals surface area (Å²) in [6, 6.07) is 12.1. The molecule has 0 aromatic heterocycles. The lowest BCUT2D eigenvalue weighted by Gasteiger charge is -2.11. The van der Waals surface area contributed by atoms with E-state index in [1.165, 1.54) is 24.3 Å². The van der Waals surface area contributed by atoms with Crippen molar-refractivity contribution in [3.8, 4) is 11.5 Å². The fraction of sp³-hybridized carbons (Fsp3) is 0.222. The van der Waals surface area contributed by atoms with E-state index in [9.17, 15) is 19.7 Å². The molecule has 2 aromatic carbocycles. The lowest BCUT2D eigenvalue weighted by Crippen LogP contribution is -2.23. The maximum absolute atomic E-state index is 11.9. The number of ether oxygens (including phenoxy) is 3. The van der Waals surface area contributed by atoms with Gasteiger partial charge in [0.2, 0.25) is 0 Å². The number of nitro benzene ring substituents is 1. The Hall–Kier alpha value is -3.62. The van der Waals surface area contributed by atoms with Crippen LogP contribution in [0.5, 0.6) is 11.5 Å². The molecule has 27 heavy (non-hydrogen) atoms. The molecular weight excluding hydrogens is 356 g/mol. The van der Waals surface area contributed by atoms with E-state index in [0.29, 0.717) is 18.0 Å². The summed E-state index contributed by atoms with van der Waals surface area (Å²) < 4.78 is 15.4. The fourth-order valence-electron chi connectivity index (χ4n) is 2.03. The SMILES string of the molecule is CCOc1ccccc1NC(=O)COC(=O)COc1ccc([N+](=O)[O-])cc1. The Labute approximate surface area is 155 Å². The van der Waals surface area contributed by atoms with Crippen molar-refractivity contribution in [2.24, 2.45) is 0 Å². The molecule has 0 fully saturated rings. The molecular formula is C18H18N2O7. The third-order valence-corrected chi connectivity index (χ3v) is 3.23. The van der Waals surface area contributed by atoms with Gasteiger partial charge in [0.1, 0.15) is 11.5 Å². The van der Waals surface area contributed by atoms with E-state index in [-0.39, 0.29) is 11.4 Å².